The minimum Gasteiger partial charge on any atom is -0.383 e. The minimum atomic E-state index is -0.331. The van der Waals surface area contributed by atoms with Gasteiger partial charge in [-0.3, -0.25) is 9.59 Å². The van der Waals surface area contributed by atoms with Crippen molar-refractivity contribution in [2.75, 3.05) is 20.3 Å². The highest BCUT2D eigenvalue weighted by Crippen LogP contribution is 2.12. The standard InChI is InChI=1S/C16H23FN2O3/c1-12(11-22-3)19(16(21)7-8-18-13(2)20)10-14-5-4-6-15(17)9-14/h4-6,9,12H,7-8,10-11H2,1-3H3,(H,18,20). The summed E-state index contributed by atoms with van der Waals surface area (Å²) in [6, 6.07) is 6.03. The van der Waals surface area contributed by atoms with Crippen LogP contribution in [0.15, 0.2) is 24.3 Å². The van der Waals surface area contributed by atoms with Crippen LogP contribution in [0.2, 0.25) is 0 Å². The van der Waals surface area contributed by atoms with Gasteiger partial charge in [0.2, 0.25) is 11.8 Å². The van der Waals surface area contributed by atoms with Crippen LogP contribution in [0.25, 0.3) is 0 Å². The Hall–Kier alpha value is -1.95. The number of ether oxygens (including phenoxy) is 1. The van der Waals surface area contributed by atoms with Gasteiger partial charge in [0.1, 0.15) is 5.82 Å². The van der Waals surface area contributed by atoms with Crippen LogP contribution >= 0.6 is 0 Å². The number of hydrogen-bond acceptors (Lipinski definition) is 3. The maximum absolute atomic E-state index is 13.3. The number of nitrogens with zero attached hydrogens (tertiary/aromatic N) is 1. The second-order valence-electron chi connectivity index (χ2n) is 5.19. The van der Waals surface area contributed by atoms with E-state index in [9.17, 15) is 14.0 Å². The number of amides is 2. The third-order valence-electron chi connectivity index (χ3n) is 3.22. The Labute approximate surface area is 130 Å². The number of carbonyl (C=O) groups excluding carboxylic acids is 2. The molecule has 22 heavy (non-hydrogen) atoms. The first-order valence-electron chi connectivity index (χ1n) is 7.21. The van der Waals surface area contributed by atoms with Crippen LogP contribution < -0.4 is 5.32 Å². The zero-order valence-corrected chi connectivity index (χ0v) is 13.3. The molecule has 0 radical (unpaired) electrons. The summed E-state index contributed by atoms with van der Waals surface area (Å²) in [4.78, 5) is 24.9. The highest BCUT2D eigenvalue weighted by molar-refractivity contribution is 5.78. The van der Waals surface area contributed by atoms with E-state index in [0.717, 1.165) is 5.56 Å². The van der Waals surface area contributed by atoms with E-state index in [-0.39, 0.29) is 36.6 Å². The van der Waals surface area contributed by atoms with Gasteiger partial charge in [0.15, 0.2) is 0 Å². The molecule has 0 bridgehead atoms. The van der Waals surface area contributed by atoms with Crippen molar-refractivity contribution in [1.82, 2.24) is 10.2 Å². The smallest absolute Gasteiger partial charge is 0.224 e. The van der Waals surface area contributed by atoms with Crippen molar-refractivity contribution >= 4 is 11.8 Å². The summed E-state index contributed by atoms with van der Waals surface area (Å²) in [6.07, 6.45) is 0.197. The zero-order chi connectivity index (χ0) is 16.5. The lowest BCUT2D eigenvalue weighted by Crippen LogP contribution is -2.41. The molecule has 1 unspecified atom stereocenters. The first-order chi connectivity index (χ1) is 10.4. The Balaban J connectivity index is 2.74. The average Bonchev–Trinajstić information content (AvgIpc) is 2.44. The third kappa shape index (κ3) is 6.22. The summed E-state index contributed by atoms with van der Waals surface area (Å²) in [5.41, 5.74) is 0.718. The molecular weight excluding hydrogens is 287 g/mol. The number of nitrogens with one attached hydrogen (secondary N) is 1. The molecular formula is C16H23FN2O3. The van der Waals surface area contributed by atoms with Crippen molar-refractivity contribution in [3.8, 4) is 0 Å². The van der Waals surface area contributed by atoms with Crippen LogP contribution in [0, 0.1) is 5.82 Å². The average molecular weight is 310 g/mol. The van der Waals surface area contributed by atoms with Crippen LogP contribution in [0.4, 0.5) is 4.39 Å². The Bertz CT molecular complexity index is 508. The summed E-state index contributed by atoms with van der Waals surface area (Å²) < 4.78 is 18.4. The molecule has 0 aliphatic heterocycles. The second kappa shape index (κ2) is 9.15. The summed E-state index contributed by atoms with van der Waals surface area (Å²) in [5.74, 6) is -0.612. The molecule has 2 amide bonds. The van der Waals surface area contributed by atoms with E-state index in [2.05, 4.69) is 5.32 Å². The van der Waals surface area contributed by atoms with Crippen molar-refractivity contribution in [2.45, 2.75) is 32.9 Å². The van der Waals surface area contributed by atoms with Gasteiger partial charge >= 0.3 is 0 Å². The molecule has 1 rings (SSSR count). The van der Waals surface area contributed by atoms with E-state index < -0.39 is 0 Å². The van der Waals surface area contributed by atoms with Gasteiger partial charge in [0.25, 0.3) is 0 Å². The highest BCUT2D eigenvalue weighted by Gasteiger charge is 2.20. The molecule has 0 saturated heterocycles. The van der Waals surface area contributed by atoms with Gasteiger partial charge in [-0.15, -0.1) is 0 Å². The van der Waals surface area contributed by atoms with Crippen LogP contribution in [0.3, 0.4) is 0 Å². The van der Waals surface area contributed by atoms with Crippen molar-refractivity contribution in [1.29, 1.82) is 0 Å². The summed E-state index contributed by atoms with van der Waals surface area (Å²) in [7, 11) is 1.57. The van der Waals surface area contributed by atoms with Gasteiger partial charge in [-0.05, 0) is 24.6 Å². The topological polar surface area (TPSA) is 58.6 Å². The van der Waals surface area contributed by atoms with Gasteiger partial charge in [0, 0.05) is 33.5 Å². The Kier molecular flexibility index (Phi) is 7.52. The number of hydrogen-bond donors (Lipinski definition) is 1. The van der Waals surface area contributed by atoms with Crippen LogP contribution in [0.5, 0.6) is 0 Å². The zero-order valence-electron chi connectivity index (χ0n) is 13.3. The third-order valence-corrected chi connectivity index (χ3v) is 3.22. The number of benzene rings is 1. The second-order valence-corrected chi connectivity index (χ2v) is 5.19. The van der Waals surface area contributed by atoms with Gasteiger partial charge in [-0.2, -0.15) is 0 Å². The fourth-order valence-corrected chi connectivity index (χ4v) is 2.14. The highest BCUT2D eigenvalue weighted by atomic mass is 19.1. The molecule has 0 spiro atoms. The molecule has 5 nitrogen and oxygen atoms in total. The first-order valence-corrected chi connectivity index (χ1v) is 7.21. The molecule has 0 saturated carbocycles. The fourth-order valence-electron chi connectivity index (χ4n) is 2.14. The van der Waals surface area contributed by atoms with Crippen molar-refractivity contribution in [3.05, 3.63) is 35.6 Å². The first kappa shape index (κ1) is 18.1. The molecule has 0 aliphatic rings. The van der Waals surface area contributed by atoms with Crippen LogP contribution in [-0.4, -0.2) is 43.0 Å². The molecule has 122 valence electrons. The van der Waals surface area contributed by atoms with Crippen molar-refractivity contribution in [3.63, 3.8) is 0 Å². The quantitative estimate of drug-likeness (QED) is 0.795. The van der Waals surface area contributed by atoms with Crippen LogP contribution in [0.1, 0.15) is 25.8 Å². The van der Waals surface area contributed by atoms with E-state index in [1.165, 1.54) is 19.1 Å². The van der Waals surface area contributed by atoms with Gasteiger partial charge < -0.3 is 15.0 Å². The Morgan fingerprint density at radius 2 is 2.14 bits per heavy atom. The summed E-state index contributed by atoms with van der Waals surface area (Å²) in [5, 5.41) is 2.60. The van der Waals surface area contributed by atoms with E-state index >= 15 is 0 Å². The van der Waals surface area contributed by atoms with Gasteiger partial charge in [-0.25, -0.2) is 4.39 Å². The SMILES string of the molecule is COCC(C)N(Cc1cccc(F)c1)C(=O)CCNC(C)=O. The lowest BCUT2D eigenvalue weighted by molar-refractivity contribution is -0.135. The maximum Gasteiger partial charge on any atom is 0.224 e. The van der Waals surface area contributed by atoms with E-state index in [4.69, 9.17) is 4.74 Å². The van der Waals surface area contributed by atoms with E-state index in [1.807, 2.05) is 6.92 Å². The lowest BCUT2D eigenvalue weighted by Gasteiger charge is -2.29. The molecule has 1 atom stereocenters. The maximum atomic E-state index is 13.3. The molecule has 6 heteroatoms. The van der Waals surface area contributed by atoms with Crippen molar-refractivity contribution < 1.29 is 18.7 Å². The number of carbonyl (C=O) groups is 2. The number of halogens is 1. The molecule has 0 aromatic heterocycles. The minimum absolute atomic E-state index is 0.109. The van der Waals surface area contributed by atoms with Gasteiger partial charge in [-0.1, -0.05) is 12.1 Å². The Morgan fingerprint density at radius 3 is 2.73 bits per heavy atom. The number of methoxy groups -OCH3 is 1. The predicted octanol–water partition coefficient (Wildman–Crippen LogP) is 1.72. The molecule has 0 heterocycles. The Morgan fingerprint density at radius 1 is 1.41 bits per heavy atom. The largest absolute Gasteiger partial charge is 0.383 e. The summed E-state index contributed by atoms with van der Waals surface area (Å²) >= 11 is 0. The summed E-state index contributed by atoms with van der Waals surface area (Å²) in [6.45, 7) is 4.26. The van der Waals surface area contributed by atoms with Crippen LogP contribution in [-0.2, 0) is 20.9 Å². The van der Waals surface area contributed by atoms with E-state index in [0.29, 0.717) is 13.2 Å². The molecule has 0 fully saturated rings. The molecule has 1 N–H and O–H groups in total. The van der Waals surface area contributed by atoms with Crippen molar-refractivity contribution in [2.24, 2.45) is 0 Å². The molecule has 1 aromatic rings. The fraction of sp³-hybridized carbons (Fsp3) is 0.500. The normalized spacial score (nSPS) is 11.8. The van der Waals surface area contributed by atoms with E-state index in [1.54, 1.807) is 24.1 Å². The predicted molar refractivity (Wildman–Crippen MR) is 81.6 cm³/mol. The molecule has 1 aromatic carbocycles. The van der Waals surface area contributed by atoms with Gasteiger partial charge in [0.05, 0.1) is 12.6 Å². The molecule has 0 aliphatic carbocycles. The monoisotopic (exact) mass is 310 g/mol. The lowest BCUT2D eigenvalue weighted by atomic mass is 10.1. The number of rotatable bonds is 8.